The Morgan fingerprint density at radius 2 is 2.03 bits per heavy atom. The standard InChI is InChI=1S/C22H32F3N3O6S/c1-14-11-28(15(2)13-29)21(31)10-16-9-17(26-20(30)7-8-22(23,24)25)5-6-18(16)34-19(14)12-27(3)35(4,32)33/h5-6,9,14-15,19,29H,7-8,10-13H2,1-4H3,(H,26,30)/t14-,15+,19-/m0/s1. The van der Waals surface area contributed by atoms with Gasteiger partial charge in [0.05, 0.1) is 38.3 Å². The maximum Gasteiger partial charge on any atom is 0.389 e. The molecule has 1 aliphatic heterocycles. The third kappa shape index (κ3) is 8.65. The molecule has 0 unspecified atom stereocenters. The number of aliphatic hydroxyl groups excluding tert-OH is 1. The Labute approximate surface area is 203 Å². The predicted octanol–water partition coefficient (Wildman–Crippen LogP) is 2.01. The summed E-state index contributed by atoms with van der Waals surface area (Å²) in [6, 6.07) is 3.88. The Kier molecular flexibility index (Phi) is 9.54. The average Bonchev–Trinajstić information content (AvgIpc) is 2.79. The number of amides is 2. The molecule has 1 heterocycles. The van der Waals surface area contributed by atoms with Crippen molar-refractivity contribution < 1.29 is 41.0 Å². The van der Waals surface area contributed by atoms with E-state index in [1.807, 2.05) is 6.92 Å². The fraction of sp³-hybridized carbons (Fsp3) is 0.636. The molecule has 35 heavy (non-hydrogen) atoms. The monoisotopic (exact) mass is 523 g/mol. The lowest BCUT2D eigenvalue weighted by molar-refractivity contribution is -0.142. The molecule has 2 amide bonds. The van der Waals surface area contributed by atoms with Gasteiger partial charge in [-0.25, -0.2) is 12.7 Å². The highest BCUT2D eigenvalue weighted by molar-refractivity contribution is 7.88. The van der Waals surface area contributed by atoms with Crippen LogP contribution in [0.15, 0.2) is 18.2 Å². The lowest BCUT2D eigenvalue weighted by Gasteiger charge is -2.33. The number of fused-ring (bicyclic) bond motifs is 1. The number of hydrogen-bond donors (Lipinski definition) is 2. The number of ether oxygens (including phenoxy) is 1. The number of nitrogens with zero attached hydrogens (tertiary/aromatic N) is 2. The van der Waals surface area contributed by atoms with E-state index < -0.39 is 47.1 Å². The number of likely N-dealkylation sites (N-methyl/N-ethyl adjacent to an activating group) is 1. The molecule has 1 aliphatic rings. The van der Waals surface area contributed by atoms with Gasteiger partial charge < -0.3 is 20.1 Å². The van der Waals surface area contributed by atoms with E-state index in [1.165, 1.54) is 30.1 Å². The van der Waals surface area contributed by atoms with E-state index in [9.17, 15) is 36.3 Å². The molecule has 1 aromatic rings. The molecular formula is C22H32F3N3O6S. The first-order valence-corrected chi connectivity index (χ1v) is 12.9. The number of carbonyl (C=O) groups excluding carboxylic acids is 2. The van der Waals surface area contributed by atoms with Gasteiger partial charge in [0.1, 0.15) is 11.9 Å². The van der Waals surface area contributed by atoms with Crippen molar-refractivity contribution in [2.75, 3.05) is 38.3 Å². The van der Waals surface area contributed by atoms with Gasteiger partial charge in [0, 0.05) is 37.2 Å². The summed E-state index contributed by atoms with van der Waals surface area (Å²) in [5, 5.41) is 12.0. The number of hydrogen-bond acceptors (Lipinski definition) is 6. The fourth-order valence-electron chi connectivity index (χ4n) is 3.59. The van der Waals surface area contributed by atoms with Crippen molar-refractivity contribution in [2.45, 2.75) is 51.4 Å². The molecule has 0 aliphatic carbocycles. The summed E-state index contributed by atoms with van der Waals surface area (Å²) in [5.41, 5.74) is 0.575. The van der Waals surface area contributed by atoms with E-state index in [0.29, 0.717) is 11.3 Å². The number of benzene rings is 1. The number of rotatable bonds is 8. The Morgan fingerprint density at radius 3 is 2.60 bits per heavy atom. The highest BCUT2D eigenvalue weighted by Gasteiger charge is 2.32. The van der Waals surface area contributed by atoms with Gasteiger partial charge in [0.2, 0.25) is 21.8 Å². The molecule has 0 bridgehead atoms. The van der Waals surface area contributed by atoms with Crippen LogP contribution in [0.5, 0.6) is 5.75 Å². The number of halogens is 3. The topological polar surface area (TPSA) is 116 Å². The van der Waals surface area contributed by atoms with Gasteiger partial charge in [0.25, 0.3) is 0 Å². The molecule has 0 spiro atoms. The van der Waals surface area contributed by atoms with E-state index in [4.69, 9.17) is 4.74 Å². The van der Waals surface area contributed by atoms with Crippen LogP contribution in [0.25, 0.3) is 0 Å². The minimum absolute atomic E-state index is 0.00487. The van der Waals surface area contributed by atoms with Gasteiger partial charge in [-0.3, -0.25) is 9.59 Å². The number of nitrogens with one attached hydrogen (secondary N) is 1. The summed E-state index contributed by atoms with van der Waals surface area (Å²) in [7, 11) is -2.09. The summed E-state index contributed by atoms with van der Waals surface area (Å²) in [5.74, 6) is -1.16. The van der Waals surface area contributed by atoms with Crippen molar-refractivity contribution in [1.29, 1.82) is 0 Å². The molecule has 1 aromatic carbocycles. The number of alkyl halides is 3. The predicted molar refractivity (Wildman–Crippen MR) is 123 cm³/mol. The third-order valence-corrected chi connectivity index (χ3v) is 7.12. The molecule has 9 nitrogen and oxygen atoms in total. The molecule has 3 atom stereocenters. The highest BCUT2D eigenvalue weighted by atomic mass is 32.2. The van der Waals surface area contributed by atoms with Crippen LogP contribution in [-0.4, -0.2) is 85.9 Å². The van der Waals surface area contributed by atoms with Crippen molar-refractivity contribution in [3.8, 4) is 5.75 Å². The third-order valence-electron chi connectivity index (χ3n) is 5.84. The van der Waals surface area contributed by atoms with Gasteiger partial charge in [-0.2, -0.15) is 13.2 Å². The zero-order valence-corrected chi connectivity index (χ0v) is 20.9. The lowest BCUT2D eigenvalue weighted by Crippen LogP contribution is -2.48. The van der Waals surface area contributed by atoms with E-state index >= 15 is 0 Å². The minimum atomic E-state index is -4.46. The highest BCUT2D eigenvalue weighted by Crippen LogP contribution is 2.30. The number of aliphatic hydroxyl groups is 1. The van der Waals surface area contributed by atoms with Crippen molar-refractivity contribution in [1.82, 2.24) is 9.21 Å². The summed E-state index contributed by atoms with van der Waals surface area (Å²) in [6.45, 7) is 3.42. The van der Waals surface area contributed by atoms with E-state index in [1.54, 1.807) is 6.92 Å². The number of sulfonamides is 1. The number of carbonyl (C=O) groups is 2. The van der Waals surface area contributed by atoms with Crippen LogP contribution < -0.4 is 10.1 Å². The summed E-state index contributed by atoms with van der Waals surface area (Å²) < 4.78 is 68.5. The van der Waals surface area contributed by atoms with Crippen molar-refractivity contribution in [3.63, 3.8) is 0 Å². The minimum Gasteiger partial charge on any atom is -0.488 e. The van der Waals surface area contributed by atoms with Crippen molar-refractivity contribution in [2.24, 2.45) is 5.92 Å². The number of anilines is 1. The van der Waals surface area contributed by atoms with Crippen LogP contribution in [0.1, 0.15) is 32.3 Å². The maximum atomic E-state index is 13.1. The second-order valence-electron chi connectivity index (χ2n) is 8.92. The molecule has 0 saturated carbocycles. The van der Waals surface area contributed by atoms with Crippen LogP contribution in [0, 0.1) is 5.92 Å². The van der Waals surface area contributed by atoms with Gasteiger partial charge in [-0.1, -0.05) is 6.92 Å². The lowest BCUT2D eigenvalue weighted by atomic mass is 10.0. The summed E-state index contributed by atoms with van der Waals surface area (Å²) in [4.78, 5) is 26.5. The molecule has 0 radical (unpaired) electrons. The zero-order chi connectivity index (χ0) is 26.6. The SMILES string of the molecule is C[C@H](CO)N1C[C@H](C)[C@H](CN(C)S(C)(=O)=O)Oc2ccc(NC(=O)CCC(F)(F)F)cc2CC1=O. The van der Waals surface area contributed by atoms with Gasteiger partial charge in [0.15, 0.2) is 0 Å². The van der Waals surface area contributed by atoms with Crippen LogP contribution in [0.3, 0.4) is 0 Å². The zero-order valence-electron chi connectivity index (χ0n) is 20.1. The second kappa shape index (κ2) is 11.6. The van der Waals surface area contributed by atoms with E-state index in [0.717, 1.165) is 10.6 Å². The first kappa shape index (κ1) is 28.9. The quantitative estimate of drug-likeness (QED) is 0.539. The first-order chi connectivity index (χ1) is 16.1. The molecular weight excluding hydrogens is 491 g/mol. The Morgan fingerprint density at radius 1 is 1.37 bits per heavy atom. The maximum absolute atomic E-state index is 13.1. The molecule has 0 fully saturated rings. The molecule has 0 saturated heterocycles. The molecule has 198 valence electrons. The Bertz CT molecular complexity index is 1020. The van der Waals surface area contributed by atoms with E-state index in [2.05, 4.69) is 5.32 Å². The molecule has 2 rings (SSSR count). The van der Waals surface area contributed by atoms with Gasteiger partial charge in [-0.05, 0) is 25.1 Å². The van der Waals surface area contributed by atoms with E-state index in [-0.39, 0.29) is 43.6 Å². The normalized spacial score (nSPS) is 20.4. The van der Waals surface area contributed by atoms with Crippen LogP contribution in [-0.2, 0) is 26.0 Å². The second-order valence-corrected chi connectivity index (χ2v) is 11.0. The Hall–Kier alpha value is -2.38. The summed E-state index contributed by atoms with van der Waals surface area (Å²) in [6.07, 6.45) is -6.19. The van der Waals surface area contributed by atoms with Crippen LogP contribution >= 0.6 is 0 Å². The van der Waals surface area contributed by atoms with Gasteiger partial charge >= 0.3 is 6.18 Å². The average molecular weight is 524 g/mol. The van der Waals surface area contributed by atoms with Crippen molar-refractivity contribution in [3.05, 3.63) is 23.8 Å². The summed E-state index contributed by atoms with van der Waals surface area (Å²) >= 11 is 0. The Balaban J connectivity index is 2.38. The van der Waals surface area contributed by atoms with Crippen molar-refractivity contribution >= 4 is 27.5 Å². The fourth-order valence-corrected chi connectivity index (χ4v) is 4.01. The smallest absolute Gasteiger partial charge is 0.389 e. The van der Waals surface area contributed by atoms with Gasteiger partial charge in [-0.15, -0.1) is 0 Å². The largest absolute Gasteiger partial charge is 0.488 e. The molecule has 0 aromatic heterocycles. The molecule has 2 N–H and O–H groups in total. The van der Waals surface area contributed by atoms with Crippen LogP contribution in [0.2, 0.25) is 0 Å². The molecule has 13 heteroatoms. The van der Waals surface area contributed by atoms with Crippen LogP contribution in [0.4, 0.5) is 18.9 Å². The first-order valence-electron chi connectivity index (χ1n) is 11.1.